The van der Waals surface area contributed by atoms with Gasteiger partial charge in [0.2, 0.25) is 0 Å². The zero-order valence-corrected chi connectivity index (χ0v) is 16.9. The van der Waals surface area contributed by atoms with Crippen LogP contribution in [0.2, 0.25) is 0 Å². The summed E-state index contributed by atoms with van der Waals surface area (Å²) in [6.45, 7) is 3.26. The average molecular weight is 405 g/mol. The third-order valence-corrected chi connectivity index (χ3v) is 6.59. The van der Waals surface area contributed by atoms with Gasteiger partial charge in [0.15, 0.2) is 0 Å². The average Bonchev–Trinajstić information content (AvgIpc) is 3.13. The van der Waals surface area contributed by atoms with Crippen LogP contribution < -0.4 is 4.74 Å². The first-order valence-electron chi connectivity index (χ1n) is 9.75. The molecule has 2 heterocycles. The highest BCUT2D eigenvalue weighted by atomic mass is 32.2. The number of hydrogen-bond acceptors (Lipinski definition) is 3. The molecule has 0 bridgehead atoms. The van der Waals surface area contributed by atoms with Crippen molar-refractivity contribution in [2.45, 2.75) is 24.3 Å². The van der Waals surface area contributed by atoms with Crippen LogP contribution in [0.5, 0.6) is 11.5 Å². The van der Waals surface area contributed by atoms with Crippen LogP contribution in [-0.2, 0) is 6.42 Å². The van der Waals surface area contributed by atoms with Gasteiger partial charge >= 0.3 is 0 Å². The minimum absolute atomic E-state index is 0.266. The lowest BCUT2D eigenvalue weighted by Gasteiger charge is -2.32. The summed E-state index contributed by atoms with van der Waals surface area (Å²) in [6.07, 6.45) is 1.04. The Morgan fingerprint density at radius 3 is 2.41 bits per heavy atom. The SMILES string of the molecule is CC1c2[nH]c3ccccc3c2CCN1Sc1ccc(Oc2ccc(F)cc2)cc1. The lowest BCUT2D eigenvalue weighted by molar-refractivity contribution is 0.358. The molecule has 1 aliphatic rings. The van der Waals surface area contributed by atoms with Gasteiger partial charge in [-0.3, -0.25) is 0 Å². The summed E-state index contributed by atoms with van der Waals surface area (Å²) in [4.78, 5) is 4.79. The van der Waals surface area contributed by atoms with E-state index in [2.05, 4.69) is 52.6 Å². The van der Waals surface area contributed by atoms with Crippen LogP contribution in [0.15, 0.2) is 77.7 Å². The number of nitrogens with zero attached hydrogens (tertiary/aromatic N) is 1. The van der Waals surface area contributed by atoms with Gasteiger partial charge in [-0.25, -0.2) is 8.70 Å². The van der Waals surface area contributed by atoms with Crippen LogP contribution in [0.1, 0.15) is 24.2 Å². The van der Waals surface area contributed by atoms with E-state index in [0.717, 1.165) is 18.7 Å². The number of aromatic amines is 1. The van der Waals surface area contributed by atoms with E-state index in [1.54, 1.807) is 24.1 Å². The minimum atomic E-state index is -0.266. The fourth-order valence-electron chi connectivity index (χ4n) is 3.87. The molecule has 1 unspecified atom stereocenters. The Morgan fingerprint density at radius 1 is 0.966 bits per heavy atom. The maximum absolute atomic E-state index is 13.0. The summed E-state index contributed by atoms with van der Waals surface area (Å²) >= 11 is 1.77. The maximum atomic E-state index is 13.0. The summed E-state index contributed by atoms with van der Waals surface area (Å²) in [5.74, 6) is 1.10. The first kappa shape index (κ1) is 18.3. The van der Waals surface area contributed by atoms with Gasteiger partial charge < -0.3 is 9.72 Å². The molecule has 0 saturated carbocycles. The zero-order valence-electron chi connectivity index (χ0n) is 16.1. The van der Waals surface area contributed by atoms with Crippen molar-refractivity contribution in [1.82, 2.24) is 9.29 Å². The van der Waals surface area contributed by atoms with E-state index < -0.39 is 0 Å². The second-order valence-electron chi connectivity index (χ2n) is 7.25. The molecular formula is C24H21FN2OS. The Kier molecular flexibility index (Phi) is 4.78. The zero-order chi connectivity index (χ0) is 19.8. The molecule has 1 atom stereocenters. The van der Waals surface area contributed by atoms with Crippen molar-refractivity contribution in [3.63, 3.8) is 0 Å². The predicted molar refractivity (Wildman–Crippen MR) is 116 cm³/mol. The van der Waals surface area contributed by atoms with Crippen molar-refractivity contribution in [2.24, 2.45) is 0 Å². The molecule has 146 valence electrons. The lowest BCUT2D eigenvalue weighted by Crippen LogP contribution is -2.28. The Bertz CT molecular complexity index is 1140. The largest absolute Gasteiger partial charge is 0.457 e. The fourth-order valence-corrected chi connectivity index (χ4v) is 4.85. The topological polar surface area (TPSA) is 28.3 Å². The van der Waals surface area contributed by atoms with Crippen molar-refractivity contribution >= 4 is 22.9 Å². The van der Waals surface area contributed by atoms with Gasteiger partial charge in [0.05, 0.1) is 6.04 Å². The summed E-state index contributed by atoms with van der Waals surface area (Å²) in [5, 5.41) is 1.35. The highest BCUT2D eigenvalue weighted by Crippen LogP contribution is 2.40. The summed E-state index contributed by atoms with van der Waals surface area (Å²) in [5.41, 5.74) is 3.99. The molecule has 0 spiro atoms. The minimum Gasteiger partial charge on any atom is -0.457 e. The van der Waals surface area contributed by atoms with Crippen LogP contribution in [0, 0.1) is 5.82 Å². The van der Waals surface area contributed by atoms with Gasteiger partial charge in [0.1, 0.15) is 17.3 Å². The van der Waals surface area contributed by atoms with Crippen molar-refractivity contribution in [1.29, 1.82) is 0 Å². The molecule has 0 amide bonds. The normalized spacial score (nSPS) is 16.7. The third kappa shape index (κ3) is 3.63. The molecule has 5 rings (SSSR count). The van der Waals surface area contributed by atoms with E-state index in [9.17, 15) is 4.39 Å². The summed E-state index contributed by atoms with van der Waals surface area (Å²) in [7, 11) is 0. The van der Waals surface area contributed by atoms with Gasteiger partial charge in [0, 0.05) is 28.0 Å². The van der Waals surface area contributed by atoms with Crippen molar-refractivity contribution < 1.29 is 9.13 Å². The van der Waals surface area contributed by atoms with E-state index in [1.807, 2.05) is 12.1 Å². The smallest absolute Gasteiger partial charge is 0.127 e. The predicted octanol–water partition coefficient (Wildman–Crippen LogP) is 6.73. The molecule has 3 nitrogen and oxygen atoms in total. The van der Waals surface area contributed by atoms with E-state index in [4.69, 9.17) is 4.74 Å². The second kappa shape index (κ2) is 7.58. The first-order valence-corrected chi connectivity index (χ1v) is 10.5. The number of aromatic nitrogens is 1. The lowest BCUT2D eigenvalue weighted by atomic mass is 10.0. The van der Waals surface area contributed by atoms with Gasteiger partial charge in [-0.2, -0.15) is 0 Å². The van der Waals surface area contributed by atoms with Crippen LogP contribution in [0.4, 0.5) is 4.39 Å². The number of halogens is 1. The van der Waals surface area contributed by atoms with Crippen molar-refractivity contribution in [3.05, 3.63) is 89.9 Å². The number of nitrogens with one attached hydrogen (secondary N) is 1. The number of H-pyrrole nitrogens is 1. The Balaban J connectivity index is 1.29. The second-order valence-corrected chi connectivity index (χ2v) is 8.37. The van der Waals surface area contributed by atoms with Gasteiger partial charge in [0.25, 0.3) is 0 Å². The molecule has 1 aromatic heterocycles. The Morgan fingerprint density at radius 2 is 1.66 bits per heavy atom. The number of hydrogen-bond donors (Lipinski definition) is 1. The fraction of sp³-hybridized carbons (Fsp3) is 0.167. The third-order valence-electron chi connectivity index (χ3n) is 5.37. The molecule has 0 aliphatic carbocycles. The Labute approximate surface area is 173 Å². The summed E-state index contributed by atoms with van der Waals surface area (Å²) in [6, 6.07) is 23.0. The van der Waals surface area contributed by atoms with E-state index in [-0.39, 0.29) is 5.82 Å². The number of para-hydroxylation sites is 1. The number of fused-ring (bicyclic) bond motifs is 3. The molecular weight excluding hydrogens is 383 g/mol. The quantitative estimate of drug-likeness (QED) is 0.382. The molecule has 1 aliphatic heterocycles. The van der Waals surface area contributed by atoms with Gasteiger partial charge in [-0.05, 0) is 85.5 Å². The Hall–Kier alpha value is -2.76. The number of benzene rings is 3. The first-order chi connectivity index (χ1) is 14.2. The van der Waals surface area contributed by atoms with Gasteiger partial charge in [-0.1, -0.05) is 18.2 Å². The highest BCUT2D eigenvalue weighted by Gasteiger charge is 2.27. The molecule has 0 fully saturated rings. The monoisotopic (exact) mass is 404 g/mol. The van der Waals surface area contributed by atoms with Crippen LogP contribution >= 0.6 is 11.9 Å². The van der Waals surface area contributed by atoms with Crippen LogP contribution in [0.3, 0.4) is 0 Å². The number of rotatable bonds is 4. The van der Waals surface area contributed by atoms with Crippen molar-refractivity contribution in [3.8, 4) is 11.5 Å². The molecule has 1 N–H and O–H groups in total. The molecule has 0 saturated heterocycles. The van der Waals surface area contributed by atoms with E-state index in [0.29, 0.717) is 11.8 Å². The number of ether oxygens (including phenoxy) is 1. The molecule has 4 aromatic rings. The molecule has 5 heteroatoms. The van der Waals surface area contributed by atoms with Crippen molar-refractivity contribution in [2.75, 3.05) is 6.54 Å². The molecule has 29 heavy (non-hydrogen) atoms. The van der Waals surface area contributed by atoms with E-state index >= 15 is 0 Å². The van der Waals surface area contributed by atoms with E-state index in [1.165, 1.54) is 39.2 Å². The molecule has 3 aromatic carbocycles. The van der Waals surface area contributed by atoms with Gasteiger partial charge in [-0.15, -0.1) is 0 Å². The van der Waals surface area contributed by atoms with Crippen LogP contribution in [0.25, 0.3) is 10.9 Å². The maximum Gasteiger partial charge on any atom is 0.127 e. The standard InChI is InChI=1S/C24H21FN2OS/c1-16-24-22(21-4-2-3-5-23(21)26-24)14-15-27(16)29-20-12-10-19(11-13-20)28-18-8-6-17(25)7-9-18/h2-13,16,26H,14-15H2,1H3. The summed E-state index contributed by atoms with van der Waals surface area (Å²) < 4.78 is 21.2. The molecule has 0 radical (unpaired) electrons. The van der Waals surface area contributed by atoms with Crippen LogP contribution in [-0.4, -0.2) is 15.8 Å². The highest BCUT2D eigenvalue weighted by molar-refractivity contribution is 7.97.